The molecule has 6 amide bonds. The molecule has 0 saturated carbocycles. The summed E-state index contributed by atoms with van der Waals surface area (Å²) in [6, 6.07) is 3.14. The number of carbonyl (C=O) groups is 6. The zero-order valence-corrected chi connectivity index (χ0v) is 37.1. The average Bonchev–Trinajstić information content (AvgIpc) is 4.00. The molecule has 1 unspecified atom stereocenters. The minimum absolute atomic E-state index is 0.0403. The van der Waals surface area contributed by atoms with Crippen LogP contribution in [-0.2, 0) is 41.7 Å². The van der Waals surface area contributed by atoms with Crippen LogP contribution in [0, 0.1) is 10.8 Å². The van der Waals surface area contributed by atoms with Gasteiger partial charge in [0.05, 0.1) is 36.9 Å². The van der Waals surface area contributed by atoms with Crippen LogP contribution in [0.15, 0.2) is 30.5 Å². The summed E-state index contributed by atoms with van der Waals surface area (Å²) in [6.07, 6.45) is 5.74. The van der Waals surface area contributed by atoms with Gasteiger partial charge < -0.3 is 41.7 Å². The van der Waals surface area contributed by atoms with E-state index < -0.39 is 53.1 Å². The maximum absolute atomic E-state index is 14.6. The Morgan fingerprint density at radius 1 is 0.783 bits per heavy atom. The molecule has 2 saturated heterocycles. The van der Waals surface area contributed by atoms with Gasteiger partial charge in [0.1, 0.15) is 29.9 Å². The molecule has 3 heterocycles. The Morgan fingerprint density at radius 3 is 1.98 bits per heavy atom. The Hall–Kier alpha value is -4.90. The van der Waals surface area contributed by atoms with Crippen molar-refractivity contribution in [1.29, 1.82) is 0 Å². The molecule has 17 heteroatoms. The lowest BCUT2D eigenvalue weighted by Gasteiger charge is -2.36. The van der Waals surface area contributed by atoms with Gasteiger partial charge in [-0.25, -0.2) is 4.68 Å². The lowest BCUT2D eigenvalue weighted by Crippen LogP contribution is -2.59. The minimum Gasteiger partial charge on any atom is -0.349 e. The molecule has 3 aliphatic rings. The summed E-state index contributed by atoms with van der Waals surface area (Å²) in [5, 5.41) is 26.5. The van der Waals surface area contributed by atoms with Gasteiger partial charge in [-0.3, -0.25) is 28.8 Å². The van der Waals surface area contributed by atoms with Crippen molar-refractivity contribution in [3.8, 4) is 0 Å². The maximum Gasteiger partial charge on any atom is 0.246 e. The van der Waals surface area contributed by atoms with Crippen molar-refractivity contribution >= 4 is 35.4 Å². The third kappa shape index (κ3) is 10.7. The van der Waals surface area contributed by atoms with Crippen LogP contribution in [-0.4, -0.2) is 124 Å². The first kappa shape index (κ1) is 46.2. The highest BCUT2D eigenvalue weighted by Crippen LogP contribution is 2.34. The lowest BCUT2D eigenvalue weighted by molar-refractivity contribution is -0.144. The summed E-state index contributed by atoms with van der Waals surface area (Å²) in [7, 11) is 3.35. The fraction of sp³-hybridized carbons (Fsp3) is 0.674. The number of likely N-dealkylation sites (N-methyl/N-ethyl adjacent to an activating group) is 2. The van der Waals surface area contributed by atoms with Gasteiger partial charge in [0.15, 0.2) is 0 Å². The van der Waals surface area contributed by atoms with Crippen molar-refractivity contribution in [3.63, 3.8) is 0 Å². The summed E-state index contributed by atoms with van der Waals surface area (Å²) in [5.41, 5.74) is 1.47. The van der Waals surface area contributed by atoms with E-state index in [4.69, 9.17) is 0 Å². The number of nitrogens with zero attached hydrogens (tertiary/aromatic N) is 5. The van der Waals surface area contributed by atoms with E-state index in [1.165, 1.54) is 5.56 Å². The fourth-order valence-electron chi connectivity index (χ4n) is 8.27. The summed E-state index contributed by atoms with van der Waals surface area (Å²) in [5.74, 6) is -1.90. The second-order valence-corrected chi connectivity index (χ2v) is 18.8. The predicted molar refractivity (Wildman–Crippen MR) is 226 cm³/mol. The highest BCUT2D eigenvalue weighted by atomic mass is 16.2. The summed E-state index contributed by atoms with van der Waals surface area (Å²) < 4.78 is 1.63. The van der Waals surface area contributed by atoms with E-state index in [0.717, 1.165) is 24.8 Å². The molecule has 0 spiro atoms. The quantitative estimate of drug-likeness (QED) is 0.162. The van der Waals surface area contributed by atoms with Gasteiger partial charge in [-0.05, 0) is 82.0 Å². The molecular weight excluding hydrogens is 767 g/mol. The molecular formula is C43H67N11O6. The number of hydrogen-bond donors (Lipinski definition) is 6. The zero-order valence-electron chi connectivity index (χ0n) is 37.1. The lowest BCUT2D eigenvalue weighted by atomic mass is 9.85. The number of carbonyl (C=O) groups excluding carboxylic acids is 6. The van der Waals surface area contributed by atoms with E-state index in [9.17, 15) is 28.8 Å². The first-order valence-electron chi connectivity index (χ1n) is 21.4. The molecule has 0 radical (unpaired) electrons. The van der Waals surface area contributed by atoms with Gasteiger partial charge in [0.25, 0.3) is 0 Å². The number of aryl methyl sites for hydroxylation is 1. The number of likely N-dealkylation sites (tertiary alicyclic amines) is 2. The molecule has 6 N–H and O–H groups in total. The number of benzene rings is 1. The number of nitrogens with one attached hydrogen (secondary N) is 6. The smallest absolute Gasteiger partial charge is 0.246 e. The van der Waals surface area contributed by atoms with Gasteiger partial charge in [0.2, 0.25) is 35.4 Å². The standard InChI is InChI=1S/C43H67N11O6/c1-25(44-9)36(55)48-34(42(3,4)5)40(59)52-20-14-19-32(52)38(57)46-22-28-23-54(51-50-28)29-21-33(39(58)47-31-18-13-16-27-15-11-12-17-30(27)31)53(24-29)41(60)35(43(6,7)8)49-37(56)26(2)45-10/h11-12,15,17,23,25-26,29,31-35,44-45H,13-14,16,18-22,24H2,1-10H3,(H,46,57)(H,47,58)(H,48,55)(H,49,56)/t25-,26-,29?,31+,32-,33-,34+,35+/m0/s1. The van der Waals surface area contributed by atoms with E-state index >= 15 is 0 Å². The molecule has 60 heavy (non-hydrogen) atoms. The van der Waals surface area contributed by atoms with E-state index in [-0.39, 0.29) is 61.0 Å². The third-order valence-corrected chi connectivity index (χ3v) is 12.2. The number of fused-ring (bicyclic) bond motifs is 1. The molecule has 2 aromatic rings. The summed E-state index contributed by atoms with van der Waals surface area (Å²) >= 11 is 0. The van der Waals surface area contributed by atoms with Gasteiger partial charge in [0, 0.05) is 19.5 Å². The molecule has 2 fully saturated rings. The first-order valence-corrected chi connectivity index (χ1v) is 21.4. The number of aromatic nitrogens is 3. The third-order valence-electron chi connectivity index (χ3n) is 12.2. The van der Waals surface area contributed by atoms with Crippen molar-refractivity contribution in [3.05, 3.63) is 47.3 Å². The second-order valence-electron chi connectivity index (χ2n) is 18.8. The Morgan fingerprint density at radius 2 is 1.38 bits per heavy atom. The topological polar surface area (TPSA) is 212 Å². The summed E-state index contributed by atoms with van der Waals surface area (Å²) in [6.45, 7) is 15.3. The molecule has 1 aromatic carbocycles. The van der Waals surface area contributed by atoms with Crippen LogP contribution in [0.25, 0.3) is 0 Å². The van der Waals surface area contributed by atoms with Crippen molar-refractivity contribution < 1.29 is 28.8 Å². The highest BCUT2D eigenvalue weighted by molar-refractivity contribution is 5.95. The van der Waals surface area contributed by atoms with E-state index in [1.54, 1.807) is 48.6 Å². The minimum atomic E-state index is -0.916. The predicted octanol–water partition coefficient (Wildman–Crippen LogP) is 1.50. The molecule has 2 aliphatic heterocycles. The van der Waals surface area contributed by atoms with E-state index in [0.29, 0.717) is 25.1 Å². The van der Waals surface area contributed by atoms with Crippen LogP contribution < -0.4 is 31.9 Å². The van der Waals surface area contributed by atoms with Crippen LogP contribution in [0.4, 0.5) is 0 Å². The van der Waals surface area contributed by atoms with Crippen LogP contribution >= 0.6 is 0 Å². The largest absolute Gasteiger partial charge is 0.349 e. The SMILES string of the molecule is CN[C@@H](C)C(=O)N[C@H](C(=O)N1CCC[C@H]1C(=O)NCc1cn(C2C[C@@H](C(=O)N[C@@H]3CCCc4ccccc43)N(C(=O)[C@@H](NC(=O)[C@H](C)NC)C(C)(C)C)C2)nn1)C(C)(C)C. The highest BCUT2D eigenvalue weighted by Gasteiger charge is 2.47. The molecule has 8 atom stereocenters. The molecule has 1 aliphatic carbocycles. The number of amides is 6. The van der Waals surface area contributed by atoms with Crippen LogP contribution in [0.5, 0.6) is 0 Å². The van der Waals surface area contributed by atoms with Crippen LogP contribution in [0.1, 0.15) is 116 Å². The monoisotopic (exact) mass is 834 g/mol. The van der Waals surface area contributed by atoms with Gasteiger partial charge >= 0.3 is 0 Å². The van der Waals surface area contributed by atoms with Crippen LogP contribution in [0.2, 0.25) is 0 Å². The van der Waals surface area contributed by atoms with Crippen molar-refractivity contribution in [2.75, 3.05) is 27.2 Å². The molecule has 0 bridgehead atoms. The number of hydrogen-bond acceptors (Lipinski definition) is 10. The normalized spacial score (nSPS) is 22.6. The van der Waals surface area contributed by atoms with Crippen molar-refractivity contribution in [2.45, 2.75) is 149 Å². The van der Waals surface area contributed by atoms with Crippen molar-refractivity contribution in [1.82, 2.24) is 56.7 Å². The second kappa shape index (κ2) is 19.2. The molecule has 17 nitrogen and oxygen atoms in total. The Labute approximate surface area is 354 Å². The Balaban J connectivity index is 1.31. The molecule has 5 rings (SSSR count). The first-order chi connectivity index (χ1) is 28.2. The Bertz CT molecular complexity index is 1890. The maximum atomic E-state index is 14.6. The van der Waals surface area contributed by atoms with Gasteiger partial charge in [-0.15, -0.1) is 5.10 Å². The van der Waals surface area contributed by atoms with E-state index in [1.807, 2.05) is 59.7 Å². The average molecular weight is 834 g/mol. The van der Waals surface area contributed by atoms with Gasteiger partial charge in [-0.2, -0.15) is 0 Å². The summed E-state index contributed by atoms with van der Waals surface area (Å²) in [4.78, 5) is 85.4. The van der Waals surface area contributed by atoms with Crippen LogP contribution in [0.3, 0.4) is 0 Å². The van der Waals surface area contributed by atoms with Gasteiger partial charge in [-0.1, -0.05) is 71.0 Å². The van der Waals surface area contributed by atoms with E-state index in [2.05, 4.69) is 48.3 Å². The number of rotatable bonds is 14. The molecule has 330 valence electrons. The zero-order chi connectivity index (χ0) is 44.1. The molecule has 1 aromatic heterocycles. The fourth-order valence-corrected chi connectivity index (χ4v) is 8.27. The Kier molecular flexibility index (Phi) is 14.8. The van der Waals surface area contributed by atoms with Crippen molar-refractivity contribution in [2.24, 2.45) is 10.8 Å².